The van der Waals surface area contributed by atoms with Gasteiger partial charge >= 0.3 is 0 Å². The van der Waals surface area contributed by atoms with E-state index in [-0.39, 0.29) is 0 Å². The molecule has 2 bridgehead atoms. The molecule has 0 saturated carbocycles. The van der Waals surface area contributed by atoms with Crippen molar-refractivity contribution in [1.29, 1.82) is 0 Å². The first-order valence-corrected chi connectivity index (χ1v) is 7.21. The SMILES string of the molecule is C1CN(CCNCC2CC3CCC2O3)CCN1. The van der Waals surface area contributed by atoms with Gasteiger partial charge in [0.25, 0.3) is 0 Å². The van der Waals surface area contributed by atoms with Gasteiger partial charge < -0.3 is 15.4 Å². The molecule has 0 aliphatic carbocycles. The second kappa shape index (κ2) is 5.65. The van der Waals surface area contributed by atoms with Crippen molar-refractivity contribution in [2.75, 3.05) is 45.8 Å². The second-order valence-corrected chi connectivity index (χ2v) is 5.67. The molecule has 17 heavy (non-hydrogen) atoms. The Morgan fingerprint density at radius 1 is 1.24 bits per heavy atom. The number of hydrogen-bond donors (Lipinski definition) is 2. The molecule has 0 spiro atoms. The molecule has 0 aromatic heterocycles. The number of ether oxygens (including phenoxy) is 1. The molecule has 3 aliphatic rings. The normalized spacial score (nSPS) is 37.8. The average molecular weight is 239 g/mol. The summed E-state index contributed by atoms with van der Waals surface area (Å²) in [6.45, 7) is 8.21. The molecule has 3 unspecified atom stereocenters. The van der Waals surface area contributed by atoms with Crippen LogP contribution in [0.15, 0.2) is 0 Å². The minimum atomic E-state index is 0.576. The van der Waals surface area contributed by atoms with Gasteiger partial charge in [0.2, 0.25) is 0 Å². The quantitative estimate of drug-likeness (QED) is 0.665. The fraction of sp³-hybridized carbons (Fsp3) is 1.00. The molecule has 3 fully saturated rings. The van der Waals surface area contributed by atoms with E-state index < -0.39 is 0 Å². The average Bonchev–Trinajstić information content (AvgIpc) is 2.98. The smallest absolute Gasteiger partial charge is 0.0621 e. The van der Waals surface area contributed by atoms with Crippen molar-refractivity contribution < 1.29 is 4.74 Å². The third kappa shape index (κ3) is 2.99. The lowest BCUT2D eigenvalue weighted by molar-refractivity contribution is 0.0923. The fourth-order valence-electron chi connectivity index (χ4n) is 3.42. The van der Waals surface area contributed by atoms with Crippen LogP contribution in [0.4, 0.5) is 0 Å². The predicted molar refractivity (Wildman–Crippen MR) is 68.2 cm³/mol. The molecule has 3 heterocycles. The van der Waals surface area contributed by atoms with Gasteiger partial charge in [-0.25, -0.2) is 0 Å². The standard InChI is InChI=1S/C13H25N3O/c1-2-13-11(9-12(1)17-13)10-15-5-8-16-6-3-14-4-7-16/h11-15H,1-10H2. The van der Waals surface area contributed by atoms with Crippen LogP contribution in [0.3, 0.4) is 0 Å². The van der Waals surface area contributed by atoms with Crippen LogP contribution >= 0.6 is 0 Å². The lowest BCUT2D eigenvalue weighted by Crippen LogP contribution is -2.46. The summed E-state index contributed by atoms with van der Waals surface area (Å²) in [4.78, 5) is 2.54. The van der Waals surface area contributed by atoms with Gasteiger partial charge in [-0.2, -0.15) is 0 Å². The second-order valence-electron chi connectivity index (χ2n) is 5.67. The largest absolute Gasteiger partial charge is 0.375 e. The molecule has 3 rings (SSSR count). The first kappa shape index (κ1) is 11.9. The number of fused-ring (bicyclic) bond motifs is 2. The van der Waals surface area contributed by atoms with E-state index in [4.69, 9.17) is 4.74 Å². The van der Waals surface area contributed by atoms with Crippen molar-refractivity contribution >= 4 is 0 Å². The number of nitrogens with zero attached hydrogens (tertiary/aromatic N) is 1. The maximum Gasteiger partial charge on any atom is 0.0621 e. The summed E-state index contributed by atoms with van der Waals surface area (Å²) in [5.41, 5.74) is 0. The molecule has 4 nitrogen and oxygen atoms in total. The molecule has 4 heteroatoms. The zero-order valence-corrected chi connectivity index (χ0v) is 10.7. The Bertz CT molecular complexity index is 243. The van der Waals surface area contributed by atoms with Crippen molar-refractivity contribution in [2.45, 2.75) is 31.5 Å². The van der Waals surface area contributed by atoms with E-state index in [1.165, 1.54) is 38.9 Å². The van der Waals surface area contributed by atoms with Crippen LogP contribution in [0, 0.1) is 5.92 Å². The van der Waals surface area contributed by atoms with E-state index in [1.807, 2.05) is 0 Å². The van der Waals surface area contributed by atoms with Crippen molar-refractivity contribution in [3.8, 4) is 0 Å². The summed E-state index contributed by atoms with van der Waals surface area (Å²) < 4.78 is 5.87. The monoisotopic (exact) mass is 239 g/mol. The molecule has 3 atom stereocenters. The summed E-state index contributed by atoms with van der Waals surface area (Å²) in [5, 5.41) is 7.01. The van der Waals surface area contributed by atoms with Crippen LogP contribution in [0.1, 0.15) is 19.3 Å². The summed E-state index contributed by atoms with van der Waals surface area (Å²) >= 11 is 0. The summed E-state index contributed by atoms with van der Waals surface area (Å²) in [7, 11) is 0. The maximum absolute atomic E-state index is 5.87. The molecule has 3 saturated heterocycles. The zero-order valence-electron chi connectivity index (χ0n) is 10.7. The van der Waals surface area contributed by atoms with Gasteiger partial charge in [-0.3, -0.25) is 4.90 Å². The molecule has 0 radical (unpaired) electrons. The molecule has 0 amide bonds. The number of piperazine rings is 1. The first-order chi connectivity index (χ1) is 8.42. The number of nitrogens with one attached hydrogen (secondary N) is 2. The molecule has 98 valence electrons. The lowest BCUT2D eigenvalue weighted by atomic mass is 9.89. The summed E-state index contributed by atoms with van der Waals surface area (Å²) in [6.07, 6.45) is 5.08. The Labute approximate surface area is 104 Å². The Hall–Kier alpha value is -0.160. The topological polar surface area (TPSA) is 36.5 Å². The Balaban J connectivity index is 1.28. The molecular formula is C13H25N3O. The molecule has 0 aromatic rings. The fourth-order valence-corrected chi connectivity index (χ4v) is 3.42. The maximum atomic E-state index is 5.87. The number of hydrogen-bond acceptors (Lipinski definition) is 4. The van der Waals surface area contributed by atoms with Gasteiger partial charge in [0.15, 0.2) is 0 Å². The molecule has 2 N–H and O–H groups in total. The highest BCUT2D eigenvalue weighted by Gasteiger charge is 2.40. The van der Waals surface area contributed by atoms with Crippen LogP contribution in [-0.4, -0.2) is 62.9 Å². The number of rotatable bonds is 5. The van der Waals surface area contributed by atoms with Crippen LogP contribution in [0.25, 0.3) is 0 Å². The summed E-state index contributed by atoms with van der Waals surface area (Å²) in [6, 6.07) is 0. The van der Waals surface area contributed by atoms with Crippen LogP contribution in [0.2, 0.25) is 0 Å². The van der Waals surface area contributed by atoms with E-state index in [0.29, 0.717) is 12.2 Å². The van der Waals surface area contributed by atoms with E-state index in [9.17, 15) is 0 Å². The van der Waals surface area contributed by atoms with Crippen molar-refractivity contribution in [1.82, 2.24) is 15.5 Å². The predicted octanol–water partition coefficient (Wildman–Crippen LogP) is 0.0487. The molecule has 3 aliphatic heterocycles. The van der Waals surface area contributed by atoms with Gasteiger partial charge in [0, 0.05) is 51.7 Å². The highest BCUT2D eigenvalue weighted by atomic mass is 16.5. The Morgan fingerprint density at radius 2 is 2.12 bits per heavy atom. The van der Waals surface area contributed by atoms with Crippen molar-refractivity contribution in [3.05, 3.63) is 0 Å². The van der Waals surface area contributed by atoms with Crippen LogP contribution in [-0.2, 0) is 4.74 Å². The van der Waals surface area contributed by atoms with E-state index in [1.54, 1.807) is 0 Å². The Morgan fingerprint density at radius 3 is 2.82 bits per heavy atom. The van der Waals surface area contributed by atoms with Gasteiger partial charge in [-0.15, -0.1) is 0 Å². The van der Waals surface area contributed by atoms with Gasteiger partial charge in [-0.1, -0.05) is 0 Å². The van der Waals surface area contributed by atoms with Crippen LogP contribution < -0.4 is 10.6 Å². The molecule has 0 aromatic carbocycles. The molecular weight excluding hydrogens is 214 g/mol. The Kier molecular flexibility index (Phi) is 3.96. The third-order valence-corrected chi connectivity index (χ3v) is 4.45. The van der Waals surface area contributed by atoms with Gasteiger partial charge in [-0.05, 0) is 19.3 Å². The highest BCUT2D eigenvalue weighted by Crippen LogP contribution is 2.38. The van der Waals surface area contributed by atoms with Crippen LogP contribution in [0.5, 0.6) is 0 Å². The zero-order chi connectivity index (χ0) is 11.5. The summed E-state index contributed by atoms with van der Waals surface area (Å²) in [5.74, 6) is 0.789. The van der Waals surface area contributed by atoms with E-state index in [0.717, 1.165) is 32.1 Å². The highest BCUT2D eigenvalue weighted by molar-refractivity contribution is 4.90. The van der Waals surface area contributed by atoms with E-state index in [2.05, 4.69) is 15.5 Å². The third-order valence-electron chi connectivity index (χ3n) is 4.45. The minimum absolute atomic E-state index is 0.576. The van der Waals surface area contributed by atoms with Gasteiger partial charge in [0.1, 0.15) is 0 Å². The van der Waals surface area contributed by atoms with E-state index >= 15 is 0 Å². The minimum Gasteiger partial charge on any atom is -0.375 e. The van der Waals surface area contributed by atoms with Crippen molar-refractivity contribution in [3.63, 3.8) is 0 Å². The first-order valence-electron chi connectivity index (χ1n) is 7.21. The lowest BCUT2D eigenvalue weighted by Gasteiger charge is -2.27. The van der Waals surface area contributed by atoms with Gasteiger partial charge in [0.05, 0.1) is 12.2 Å². The van der Waals surface area contributed by atoms with Crippen molar-refractivity contribution in [2.24, 2.45) is 5.92 Å².